The van der Waals surface area contributed by atoms with Crippen LogP contribution in [0.4, 0.5) is 19.0 Å². The Bertz CT molecular complexity index is 799. The number of nitrogens with one attached hydrogen (secondary N) is 1. The molecule has 7 nitrogen and oxygen atoms in total. The monoisotopic (exact) mass is 443 g/mol. The number of aryl methyl sites for hydroxylation is 2. The van der Waals surface area contributed by atoms with Crippen LogP contribution < -0.4 is 10.2 Å². The van der Waals surface area contributed by atoms with Crippen molar-refractivity contribution in [3.05, 3.63) is 23.4 Å². The van der Waals surface area contributed by atoms with E-state index in [0.29, 0.717) is 6.54 Å². The van der Waals surface area contributed by atoms with Gasteiger partial charge in [-0.2, -0.15) is 13.2 Å². The predicted octanol–water partition coefficient (Wildman–Crippen LogP) is 2.84. The third kappa shape index (κ3) is 5.28. The summed E-state index contributed by atoms with van der Waals surface area (Å²) in [7, 11) is 0. The van der Waals surface area contributed by atoms with E-state index in [4.69, 9.17) is 14.6 Å². The molecule has 1 aromatic heterocycles. The number of aromatic nitrogens is 1. The summed E-state index contributed by atoms with van der Waals surface area (Å²) >= 11 is 0. The SMILES string of the molecule is Cc1cc(C)nc(N2C[C@@H]3[C@H](CNC(=O)CCC(F)(F)F)[C@H]4CC[C@]3(C2)O4)c1.O=CO. The van der Waals surface area contributed by atoms with Gasteiger partial charge in [-0.3, -0.25) is 9.59 Å². The molecule has 0 aliphatic carbocycles. The number of anilines is 1. The van der Waals surface area contributed by atoms with E-state index in [2.05, 4.69) is 28.2 Å². The van der Waals surface area contributed by atoms with Crippen LogP contribution in [-0.2, 0) is 14.3 Å². The van der Waals surface area contributed by atoms with Crippen molar-refractivity contribution in [1.82, 2.24) is 10.3 Å². The molecule has 0 aromatic carbocycles. The lowest BCUT2D eigenvalue weighted by Crippen LogP contribution is -2.42. The number of nitrogens with zero attached hydrogens (tertiary/aromatic N) is 2. The number of pyridine rings is 1. The largest absolute Gasteiger partial charge is 0.483 e. The molecule has 10 heteroatoms. The summed E-state index contributed by atoms with van der Waals surface area (Å²) < 4.78 is 43.3. The number of carbonyl (C=O) groups is 2. The van der Waals surface area contributed by atoms with Gasteiger partial charge in [-0.15, -0.1) is 0 Å². The highest BCUT2D eigenvalue weighted by Gasteiger charge is 2.63. The Balaban J connectivity index is 0.000000858. The minimum absolute atomic E-state index is 0.0854. The van der Waals surface area contributed by atoms with Gasteiger partial charge in [0.1, 0.15) is 5.82 Å². The maximum absolute atomic E-state index is 12.3. The van der Waals surface area contributed by atoms with Crippen molar-refractivity contribution in [1.29, 1.82) is 0 Å². The first kappa shape index (κ1) is 23.3. The zero-order valence-corrected chi connectivity index (χ0v) is 17.6. The molecule has 0 saturated carbocycles. The van der Waals surface area contributed by atoms with Crippen molar-refractivity contribution >= 4 is 18.2 Å². The highest BCUT2D eigenvalue weighted by molar-refractivity contribution is 5.75. The maximum atomic E-state index is 12.3. The Labute approximate surface area is 179 Å². The third-order valence-corrected chi connectivity index (χ3v) is 6.36. The molecule has 4 rings (SSSR count). The summed E-state index contributed by atoms with van der Waals surface area (Å²) in [5, 5.41) is 9.60. The lowest BCUT2D eigenvalue weighted by Gasteiger charge is -2.29. The molecule has 4 atom stereocenters. The van der Waals surface area contributed by atoms with E-state index in [-0.39, 0.29) is 30.0 Å². The number of hydrogen-bond acceptors (Lipinski definition) is 5. The number of hydrogen-bond donors (Lipinski definition) is 2. The Morgan fingerprint density at radius 2 is 2.13 bits per heavy atom. The molecule has 3 aliphatic heterocycles. The molecule has 0 radical (unpaired) electrons. The second-order valence-electron chi connectivity index (χ2n) is 8.58. The molecule has 4 heterocycles. The zero-order chi connectivity index (χ0) is 22.8. The molecule has 3 fully saturated rings. The molecule has 172 valence electrons. The first-order valence-corrected chi connectivity index (χ1v) is 10.4. The normalized spacial score (nSPS) is 28.7. The van der Waals surface area contributed by atoms with Gasteiger partial charge in [0.25, 0.3) is 6.47 Å². The van der Waals surface area contributed by atoms with Crippen LogP contribution in [0.3, 0.4) is 0 Å². The van der Waals surface area contributed by atoms with E-state index >= 15 is 0 Å². The van der Waals surface area contributed by atoms with Crippen LogP contribution >= 0.6 is 0 Å². The quantitative estimate of drug-likeness (QED) is 0.680. The highest BCUT2D eigenvalue weighted by atomic mass is 19.4. The fourth-order valence-corrected chi connectivity index (χ4v) is 5.20. The summed E-state index contributed by atoms with van der Waals surface area (Å²) in [5.74, 6) is 0.803. The molecule has 3 aliphatic rings. The first-order chi connectivity index (χ1) is 14.6. The van der Waals surface area contributed by atoms with Gasteiger partial charge < -0.3 is 20.1 Å². The zero-order valence-electron chi connectivity index (χ0n) is 17.6. The first-order valence-electron chi connectivity index (χ1n) is 10.4. The second-order valence-corrected chi connectivity index (χ2v) is 8.58. The van der Waals surface area contributed by atoms with E-state index in [1.807, 2.05) is 13.0 Å². The summed E-state index contributed by atoms with van der Waals surface area (Å²) in [5.41, 5.74) is 1.92. The Kier molecular flexibility index (Phi) is 6.78. The fraction of sp³-hybridized carbons (Fsp3) is 0.667. The van der Waals surface area contributed by atoms with Crippen LogP contribution in [0, 0.1) is 25.7 Å². The van der Waals surface area contributed by atoms with Crippen molar-refractivity contribution in [3.8, 4) is 0 Å². The minimum Gasteiger partial charge on any atom is -0.483 e. The van der Waals surface area contributed by atoms with Crippen molar-refractivity contribution in [2.45, 2.75) is 57.4 Å². The lowest BCUT2D eigenvalue weighted by atomic mass is 9.73. The summed E-state index contributed by atoms with van der Waals surface area (Å²) in [6, 6.07) is 4.12. The van der Waals surface area contributed by atoms with Crippen LogP contribution in [0.15, 0.2) is 12.1 Å². The summed E-state index contributed by atoms with van der Waals surface area (Å²) in [6.45, 7) is 5.74. The Morgan fingerprint density at radius 1 is 1.42 bits per heavy atom. The molecular weight excluding hydrogens is 415 g/mol. The number of carbonyl (C=O) groups excluding carboxylic acids is 1. The molecule has 1 spiro atoms. The molecule has 0 unspecified atom stereocenters. The fourth-order valence-electron chi connectivity index (χ4n) is 5.20. The minimum atomic E-state index is -4.30. The van der Waals surface area contributed by atoms with Crippen LogP contribution in [0.25, 0.3) is 0 Å². The van der Waals surface area contributed by atoms with Crippen molar-refractivity contribution in [2.75, 3.05) is 24.5 Å². The number of amides is 1. The Morgan fingerprint density at radius 3 is 2.77 bits per heavy atom. The van der Waals surface area contributed by atoms with Crippen molar-refractivity contribution in [2.24, 2.45) is 11.8 Å². The highest BCUT2D eigenvalue weighted by Crippen LogP contribution is 2.55. The van der Waals surface area contributed by atoms with Crippen molar-refractivity contribution < 1.29 is 32.6 Å². The molecular formula is C21H28F3N3O4. The van der Waals surface area contributed by atoms with Gasteiger partial charge in [-0.1, -0.05) is 0 Å². The maximum Gasteiger partial charge on any atom is 0.389 e. The van der Waals surface area contributed by atoms with E-state index in [1.165, 1.54) is 0 Å². The smallest absolute Gasteiger partial charge is 0.389 e. The van der Waals surface area contributed by atoms with Gasteiger partial charge in [0.05, 0.1) is 18.1 Å². The number of carboxylic acid groups (broad SMARTS) is 1. The molecule has 2 bridgehead atoms. The van der Waals surface area contributed by atoms with E-state index < -0.39 is 24.9 Å². The standard InChI is InChI=1S/C20H26F3N3O2.CH2O2/c1-12-7-13(2)25-17(8-12)26-10-15-14(16-3-5-19(15,11-26)28-16)9-24-18(27)4-6-20(21,22)23;2-1-3/h7-8,14-16H,3-6,9-11H2,1-2H3,(H,24,27);1H,(H,2,3)/t14-,15+,16+,19+;/m0./s1. The van der Waals surface area contributed by atoms with E-state index in [1.54, 1.807) is 0 Å². The number of fused-ring (bicyclic) bond motifs is 1. The number of halogens is 3. The molecule has 1 amide bonds. The van der Waals surface area contributed by atoms with Crippen LogP contribution in [0.1, 0.15) is 36.9 Å². The molecule has 31 heavy (non-hydrogen) atoms. The van der Waals surface area contributed by atoms with Gasteiger partial charge >= 0.3 is 6.18 Å². The predicted molar refractivity (Wildman–Crippen MR) is 107 cm³/mol. The average Bonchev–Trinajstić information content (AvgIpc) is 3.32. The van der Waals surface area contributed by atoms with Crippen LogP contribution in [0.5, 0.6) is 0 Å². The third-order valence-electron chi connectivity index (χ3n) is 6.36. The van der Waals surface area contributed by atoms with Crippen molar-refractivity contribution in [3.63, 3.8) is 0 Å². The lowest BCUT2D eigenvalue weighted by molar-refractivity contribution is -0.144. The summed E-state index contributed by atoms with van der Waals surface area (Å²) in [6.07, 6.45) is -3.89. The van der Waals surface area contributed by atoms with Crippen LogP contribution in [-0.4, -0.2) is 60.0 Å². The van der Waals surface area contributed by atoms with Crippen LogP contribution in [0.2, 0.25) is 0 Å². The molecule has 3 saturated heterocycles. The van der Waals surface area contributed by atoms with E-state index in [0.717, 1.165) is 43.0 Å². The summed E-state index contributed by atoms with van der Waals surface area (Å²) in [4.78, 5) is 27.1. The van der Waals surface area contributed by atoms with Gasteiger partial charge in [0.2, 0.25) is 5.91 Å². The number of alkyl halides is 3. The molecule has 1 aromatic rings. The Hall–Kier alpha value is -2.36. The van der Waals surface area contributed by atoms with Gasteiger partial charge in [0, 0.05) is 43.6 Å². The average molecular weight is 443 g/mol. The van der Waals surface area contributed by atoms with E-state index in [9.17, 15) is 18.0 Å². The number of ether oxygens (including phenoxy) is 1. The van der Waals surface area contributed by atoms with Gasteiger partial charge in [0.15, 0.2) is 0 Å². The van der Waals surface area contributed by atoms with Gasteiger partial charge in [-0.25, -0.2) is 4.98 Å². The second kappa shape index (κ2) is 9.02. The van der Waals surface area contributed by atoms with Gasteiger partial charge in [-0.05, 0) is 44.4 Å². The topological polar surface area (TPSA) is 91.8 Å². The molecule has 2 N–H and O–H groups in total. The number of rotatable bonds is 5.